The van der Waals surface area contributed by atoms with Crippen molar-refractivity contribution in [3.63, 3.8) is 0 Å². The predicted octanol–water partition coefficient (Wildman–Crippen LogP) is 1.88. The van der Waals surface area contributed by atoms with Gasteiger partial charge in [0, 0.05) is 5.92 Å². The Morgan fingerprint density at radius 2 is 2.36 bits per heavy atom. The zero-order chi connectivity index (χ0) is 7.68. The van der Waals surface area contributed by atoms with Crippen molar-refractivity contribution in [1.82, 2.24) is 5.32 Å². The summed E-state index contributed by atoms with van der Waals surface area (Å²) in [7, 11) is 1.93. The summed E-state index contributed by atoms with van der Waals surface area (Å²) < 4.78 is 5.59. The van der Waals surface area contributed by atoms with Gasteiger partial charge in [-0.25, -0.2) is 0 Å². The summed E-state index contributed by atoms with van der Waals surface area (Å²) in [6, 6.07) is 4.16. The lowest BCUT2D eigenvalue weighted by atomic mass is 10.3. The number of rotatable bonds is 3. The van der Waals surface area contributed by atoms with E-state index in [-0.39, 0.29) is 0 Å². The summed E-state index contributed by atoms with van der Waals surface area (Å²) in [6.45, 7) is 0.840. The molecule has 60 valence electrons. The molecule has 2 rings (SSSR count). The Morgan fingerprint density at radius 3 is 3.00 bits per heavy atom. The molecule has 0 amide bonds. The van der Waals surface area contributed by atoms with Crippen LogP contribution in [0.25, 0.3) is 0 Å². The Hall–Kier alpha value is -0.760. The monoisotopic (exact) mass is 151 g/mol. The van der Waals surface area contributed by atoms with Crippen LogP contribution in [0.3, 0.4) is 0 Å². The Balaban J connectivity index is 2.06. The summed E-state index contributed by atoms with van der Waals surface area (Å²) in [5.41, 5.74) is 0. The van der Waals surface area contributed by atoms with E-state index < -0.39 is 0 Å². The number of furan rings is 1. The topological polar surface area (TPSA) is 25.2 Å². The lowest BCUT2D eigenvalue weighted by molar-refractivity contribution is 0.456. The second-order valence-corrected chi connectivity index (χ2v) is 3.11. The highest BCUT2D eigenvalue weighted by atomic mass is 16.3. The van der Waals surface area contributed by atoms with E-state index in [4.69, 9.17) is 4.42 Å². The van der Waals surface area contributed by atoms with E-state index >= 15 is 0 Å². The summed E-state index contributed by atoms with van der Waals surface area (Å²) in [4.78, 5) is 0. The third-order valence-electron chi connectivity index (χ3n) is 2.01. The van der Waals surface area contributed by atoms with Gasteiger partial charge in [-0.05, 0) is 32.0 Å². The Kier molecular flexibility index (Phi) is 1.70. The van der Waals surface area contributed by atoms with Gasteiger partial charge in [-0.1, -0.05) is 0 Å². The maximum Gasteiger partial charge on any atom is 0.117 e. The number of hydrogen-bond donors (Lipinski definition) is 1. The van der Waals surface area contributed by atoms with E-state index in [0.29, 0.717) is 0 Å². The molecule has 1 saturated carbocycles. The average molecular weight is 151 g/mol. The number of nitrogens with one attached hydrogen (secondary N) is 1. The van der Waals surface area contributed by atoms with Crippen molar-refractivity contribution in [3.8, 4) is 0 Å². The Morgan fingerprint density at radius 1 is 1.55 bits per heavy atom. The van der Waals surface area contributed by atoms with Gasteiger partial charge in [0.15, 0.2) is 0 Å². The SMILES string of the molecule is CNCc1ccc(C2CC2)o1. The minimum atomic E-state index is 0.737. The first kappa shape index (κ1) is 6.92. The molecule has 1 fully saturated rings. The Labute approximate surface area is 66.6 Å². The molecule has 1 aromatic heterocycles. The average Bonchev–Trinajstić information content (AvgIpc) is 2.75. The smallest absolute Gasteiger partial charge is 0.117 e. The van der Waals surface area contributed by atoms with Crippen molar-refractivity contribution in [2.45, 2.75) is 25.3 Å². The van der Waals surface area contributed by atoms with Gasteiger partial charge in [0.2, 0.25) is 0 Å². The molecule has 1 N–H and O–H groups in total. The van der Waals surface area contributed by atoms with Gasteiger partial charge in [-0.2, -0.15) is 0 Å². The fourth-order valence-corrected chi connectivity index (χ4v) is 1.25. The van der Waals surface area contributed by atoms with Crippen molar-refractivity contribution >= 4 is 0 Å². The van der Waals surface area contributed by atoms with E-state index in [9.17, 15) is 0 Å². The summed E-state index contributed by atoms with van der Waals surface area (Å²) in [5.74, 6) is 2.96. The molecule has 0 saturated heterocycles. The molecular formula is C9H13NO. The molecule has 1 heterocycles. The number of hydrogen-bond acceptors (Lipinski definition) is 2. The van der Waals surface area contributed by atoms with Crippen LogP contribution >= 0.6 is 0 Å². The second-order valence-electron chi connectivity index (χ2n) is 3.11. The third-order valence-corrected chi connectivity index (χ3v) is 2.01. The lowest BCUT2D eigenvalue weighted by Gasteiger charge is -1.92. The van der Waals surface area contributed by atoms with E-state index in [1.165, 1.54) is 18.6 Å². The second kappa shape index (κ2) is 2.70. The summed E-state index contributed by atoms with van der Waals surface area (Å²) in [6.07, 6.45) is 2.62. The molecule has 1 aliphatic carbocycles. The minimum Gasteiger partial charge on any atom is -0.464 e. The minimum absolute atomic E-state index is 0.737. The van der Waals surface area contributed by atoms with Gasteiger partial charge >= 0.3 is 0 Å². The van der Waals surface area contributed by atoms with E-state index in [2.05, 4.69) is 17.4 Å². The third kappa shape index (κ3) is 1.46. The molecule has 0 atom stereocenters. The molecule has 0 aliphatic heterocycles. The van der Waals surface area contributed by atoms with Crippen LogP contribution in [0.5, 0.6) is 0 Å². The quantitative estimate of drug-likeness (QED) is 0.713. The van der Waals surface area contributed by atoms with Crippen molar-refractivity contribution in [2.24, 2.45) is 0 Å². The summed E-state index contributed by atoms with van der Waals surface area (Å²) >= 11 is 0. The molecule has 0 unspecified atom stereocenters. The molecule has 0 aromatic carbocycles. The van der Waals surface area contributed by atoms with Crippen LogP contribution in [0.2, 0.25) is 0 Å². The maximum atomic E-state index is 5.59. The first-order chi connectivity index (χ1) is 5.40. The molecule has 1 aliphatic rings. The van der Waals surface area contributed by atoms with Gasteiger partial charge in [-0.3, -0.25) is 0 Å². The highest BCUT2D eigenvalue weighted by molar-refractivity contribution is 5.15. The summed E-state index contributed by atoms with van der Waals surface area (Å²) in [5, 5.41) is 3.06. The zero-order valence-electron chi connectivity index (χ0n) is 6.76. The van der Waals surface area contributed by atoms with Crippen LogP contribution in [-0.4, -0.2) is 7.05 Å². The first-order valence-electron chi connectivity index (χ1n) is 4.13. The van der Waals surface area contributed by atoms with Gasteiger partial charge in [-0.15, -0.1) is 0 Å². The molecule has 0 bridgehead atoms. The first-order valence-corrected chi connectivity index (χ1v) is 4.13. The van der Waals surface area contributed by atoms with Crippen LogP contribution in [0.4, 0.5) is 0 Å². The van der Waals surface area contributed by atoms with Crippen LogP contribution < -0.4 is 5.32 Å². The van der Waals surface area contributed by atoms with E-state index in [1.54, 1.807) is 0 Å². The van der Waals surface area contributed by atoms with Gasteiger partial charge in [0.25, 0.3) is 0 Å². The van der Waals surface area contributed by atoms with Crippen molar-refractivity contribution in [1.29, 1.82) is 0 Å². The lowest BCUT2D eigenvalue weighted by Crippen LogP contribution is -2.03. The van der Waals surface area contributed by atoms with E-state index in [1.807, 2.05) is 7.05 Å². The van der Waals surface area contributed by atoms with Gasteiger partial charge < -0.3 is 9.73 Å². The van der Waals surface area contributed by atoms with Crippen molar-refractivity contribution in [3.05, 3.63) is 23.7 Å². The van der Waals surface area contributed by atoms with Crippen LogP contribution in [0.15, 0.2) is 16.5 Å². The van der Waals surface area contributed by atoms with Crippen molar-refractivity contribution in [2.75, 3.05) is 7.05 Å². The largest absolute Gasteiger partial charge is 0.464 e. The van der Waals surface area contributed by atoms with Crippen molar-refractivity contribution < 1.29 is 4.42 Å². The molecule has 1 aromatic rings. The molecular weight excluding hydrogens is 138 g/mol. The molecule has 11 heavy (non-hydrogen) atoms. The standard InChI is InChI=1S/C9H13NO/c1-10-6-8-4-5-9(11-8)7-2-3-7/h4-5,7,10H,2-3,6H2,1H3. The van der Waals surface area contributed by atoms with Crippen LogP contribution in [0.1, 0.15) is 30.3 Å². The highest BCUT2D eigenvalue weighted by Gasteiger charge is 2.26. The van der Waals surface area contributed by atoms with Crippen LogP contribution in [-0.2, 0) is 6.54 Å². The molecule has 2 nitrogen and oxygen atoms in total. The highest BCUT2D eigenvalue weighted by Crippen LogP contribution is 2.40. The maximum absolute atomic E-state index is 5.59. The van der Waals surface area contributed by atoms with Gasteiger partial charge in [0.05, 0.1) is 6.54 Å². The Bertz CT molecular complexity index is 237. The fraction of sp³-hybridized carbons (Fsp3) is 0.556. The van der Waals surface area contributed by atoms with Crippen LogP contribution in [0, 0.1) is 0 Å². The van der Waals surface area contributed by atoms with E-state index in [0.717, 1.165) is 18.2 Å². The predicted molar refractivity (Wildman–Crippen MR) is 43.4 cm³/mol. The normalized spacial score (nSPS) is 17.2. The molecule has 2 heteroatoms. The van der Waals surface area contributed by atoms with Gasteiger partial charge in [0.1, 0.15) is 11.5 Å². The molecule has 0 spiro atoms. The molecule has 0 radical (unpaired) electrons. The zero-order valence-corrected chi connectivity index (χ0v) is 6.76. The fourth-order valence-electron chi connectivity index (χ4n) is 1.25.